The Morgan fingerprint density at radius 1 is 1.32 bits per heavy atom. The number of aliphatic hydroxyl groups is 3. The predicted molar refractivity (Wildman–Crippen MR) is 65.5 cm³/mol. The Kier molecular flexibility index (Phi) is 3.15. The molecule has 1 fully saturated rings. The largest absolute Gasteiger partial charge is 0.394 e. The number of ether oxygens (including phenoxy) is 1. The molecule has 0 saturated carbocycles. The van der Waals surface area contributed by atoms with E-state index < -0.39 is 24.5 Å². The quantitative estimate of drug-likeness (QED) is 0.655. The van der Waals surface area contributed by atoms with Gasteiger partial charge in [0.15, 0.2) is 6.23 Å². The van der Waals surface area contributed by atoms with Gasteiger partial charge in [0.2, 0.25) is 0 Å². The van der Waals surface area contributed by atoms with Crippen LogP contribution in [0.1, 0.15) is 6.23 Å². The average Bonchev–Trinajstić information content (AvgIpc) is 2.94. The molecule has 1 saturated heterocycles. The van der Waals surface area contributed by atoms with Gasteiger partial charge in [-0.25, -0.2) is 9.97 Å². The highest BCUT2D eigenvalue weighted by atomic mass is 35.5. The monoisotopic (exact) mass is 285 g/mol. The zero-order valence-corrected chi connectivity index (χ0v) is 10.5. The summed E-state index contributed by atoms with van der Waals surface area (Å²) in [6.45, 7) is -0.371. The van der Waals surface area contributed by atoms with Gasteiger partial charge in [-0.05, 0) is 6.07 Å². The summed E-state index contributed by atoms with van der Waals surface area (Å²) < 4.78 is 7.00. The fraction of sp³-hybridized carbons (Fsp3) is 0.455. The van der Waals surface area contributed by atoms with Crippen molar-refractivity contribution in [1.82, 2.24) is 14.5 Å². The Morgan fingerprint density at radius 2 is 2.11 bits per heavy atom. The highest BCUT2D eigenvalue weighted by Crippen LogP contribution is 2.32. The molecule has 0 bridgehead atoms. The molecule has 0 aromatic carbocycles. The first-order chi connectivity index (χ1) is 9.13. The minimum atomic E-state index is -1.15. The number of halogens is 1. The number of aromatic nitrogens is 3. The molecule has 3 rings (SSSR count). The summed E-state index contributed by atoms with van der Waals surface area (Å²) in [5, 5.41) is 29.7. The second-order valence-electron chi connectivity index (χ2n) is 4.35. The molecular weight excluding hydrogens is 274 g/mol. The molecule has 2 aromatic heterocycles. The molecule has 8 heteroatoms. The third-order valence-corrected chi connectivity index (χ3v) is 3.55. The van der Waals surface area contributed by atoms with Crippen molar-refractivity contribution >= 4 is 22.6 Å². The molecule has 19 heavy (non-hydrogen) atoms. The number of nitrogens with zero attached hydrogens (tertiary/aromatic N) is 3. The van der Waals surface area contributed by atoms with Crippen LogP contribution in [-0.4, -0.2) is 54.8 Å². The van der Waals surface area contributed by atoms with Gasteiger partial charge in [-0.2, -0.15) is 0 Å². The van der Waals surface area contributed by atoms with Crippen LogP contribution in [0.3, 0.4) is 0 Å². The van der Waals surface area contributed by atoms with Crippen LogP contribution in [-0.2, 0) is 4.74 Å². The van der Waals surface area contributed by atoms with Gasteiger partial charge >= 0.3 is 0 Å². The first-order valence-corrected chi connectivity index (χ1v) is 6.10. The van der Waals surface area contributed by atoms with E-state index in [1.807, 2.05) is 0 Å². The molecular formula is C11H12ClN3O4. The predicted octanol–water partition coefficient (Wildman–Crippen LogP) is -0.304. The normalized spacial score (nSPS) is 31.2. The van der Waals surface area contributed by atoms with Gasteiger partial charge in [-0.3, -0.25) is 0 Å². The van der Waals surface area contributed by atoms with E-state index in [1.165, 1.54) is 6.33 Å². The molecule has 0 spiro atoms. The van der Waals surface area contributed by atoms with Crippen molar-refractivity contribution in [3.63, 3.8) is 0 Å². The Labute approximate surface area is 113 Å². The second-order valence-corrected chi connectivity index (χ2v) is 4.71. The number of hydrogen-bond donors (Lipinski definition) is 3. The van der Waals surface area contributed by atoms with E-state index in [0.717, 1.165) is 0 Å². The van der Waals surface area contributed by atoms with Gasteiger partial charge in [-0.15, -0.1) is 0 Å². The Morgan fingerprint density at radius 3 is 2.79 bits per heavy atom. The first kappa shape index (κ1) is 12.8. The van der Waals surface area contributed by atoms with Crippen molar-refractivity contribution in [2.45, 2.75) is 24.5 Å². The van der Waals surface area contributed by atoms with Gasteiger partial charge in [0.05, 0.1) is 12.0 Å². The molecule has 7 nitrogen and oxygen atoms in total. The molecule has 0 unspecified atom stereocenters. The van der Waals surface area contributed by atoms with Gasteiger partial charge < -0.3 is 24.6 Å². The number of rotatable bonds is 2. The third kappa shape index (κ3) is 1.90. The van der Waals surface area contributed by atoms with Gasteiger partial charge in [0, 0.05) is 6.20 Å². The molecule has 102 valence electrons. The molecule has 0 aliphatic carbocycles. The van der Waals surface area contributed by atoms with E-state index >= 15 is 0 Å². The van der Waals surface area contributed by atoms with Crippen LogP contribution < -0.4 is 0 Å². The van der Waals surface area contributed by atoms with E-state index in [4.69, 9.17) is 21.4 Å². The molecule has 0 radical (unpaired) electrons. The van der Waals surface area contributed by atoms with Crippen LogP contribution in [0.4, 0.5) is 0 Å². The fourth-order valence-corrected chi connectivity index (χ4v) is 2.45. The maximum absolute atomic E-state index is 9.98. The van der Waals surface area contributed by atoms with Crippen molar-refractivity contribution in [1.29, 1.82) is 0 Å². The maximum Gasteiger partial charge on any atom is 0.164 e. The highest BCUT2D eigenvalue weighted by molar-refractivity contribution is 6.33. The summed E-state index contributed by atoms with van der Waals surface area (Å²) in [4.78, 5) is 7.95. The average molecular weight is 286 g/mol. The van der Waals surface area contributed by atoms with Crippen molar-refractivity contribution in [3.8, 4) is 0 Å². The molecule has 1 aliphatic rings. The molecule has 0 amide bonds. The zero-order valence-electron chi connectivity index (χ0n) is 9.72. The number of fused-ring (bicyclic) bond motifs is 1. The summed E-state index contributed by atoms with van der Waals surface area (Å²) in [7, 11) is 0. The lowest BCUT2D eigenvalue weighted by molar-refractivity contribution is -0.0508. The van der Waals surface area contributed by atoms with Gasteiger partial charge in [0.25, 0.3) is 0 Å². The number of aliphatic hydroxyl groups excluding tert-OH is 3. The van der Waals surface area contributed by atoms with Gasteiger partial charge in [0.1, 0.15) is 35.4 Å². The maximum atomic E-state index is 9.98. The smallest absolute Gasteiger partial charge is 0.164 e. The molecule has 3 heterocycles. The lowest BCUT2D eigenvalue weighted by atomic mass is 10.1. The third-order valence-electron chi connectivity index (χ3n) is 3.25. The summed E-state index contributed by atoms with van der Waals surface area (Å²) in [5.74, 6) is 0. The standard InChI is InChI=1S/C11H12ClN3O4/c12-9-5-1-2-15(10(5)14-4-13-9)11-8(18)7(17)6(3-16)19-11/h1-2,4,6-8,11,16-18H,3H2/t6-,7+,8+,11+/m0/s1. The first-order valence-electron chi connectivity index (χ1n) is 5.73. The lowest BCUT2D eigenvalue weighted by Crippen LogP contribution is -2.33. The Bertz CT molecular complexity index is 605. The minimum Gasteiger partial charge on any atom is -0.394 e. The Balaban J connectivity index is 2.04. The van der Waals surface area contributed by atoms with Crippen LogP contribution in [0.5, 0.6) is 0 Å². The van der Waals surface area contributed by atoms with E-state index in [9.17, 15) is 10.2 Å². The van der Waals surface area contributed by atoms with E-state index in [0.29, 0.717) is 16.2 Å². The zero-order chi connectivity index (χ0) is 13.6. The summed E-state index contributed by atoms with van der Waals surface area (Å²) in [6.07, 6.45) is -0.995. The van der Waals surface area contributed by atoms with Crippen molar-refractivity contribution < 1.29 is 20.1 Å². The van der Waals surface area contributed by atoms with Crippen LogP contribution in [0.15, 0.2) is 18.6 Å². The van der Waals surface area contributed by atoms with E-state index in [1.54, 1.807) is 16.8 Å². The van der Waals surface area contributed by atoms with Crippen LogP contribution in [0.25, 0.3) is 11.0 Å². The minimum absolute atomic E-state index is 0.301. The van der Waals surface area contributed by atoms with Gasteiger partial charge in [-0.1, -0.05) is 11.6 Å². The molecule has 1 aliphatic heterocycles. The van der Waals surface area contributed by atoms with Crippen LogP contribution >= 0.6 is 11.6 Å². The lowest BCUT2D eigenvalue weighted by Gasteiger charge is -2.17. The van der Waals surface area contributed by atoms with E-state index in [2.05, 4.69) is 9.97 Å². The highest BCUT2D eigenvalue weighted by Gasteiger charge is 2.43. The molecule has 3 N–H and O–H groups in total. The van der Waals surface area contributed by atoms with Crippen molar-refractivity contribution in [3.05, 3.63) is 23.7 Å². The van der Waals surface area contributed by atoms with Crippen LogP contribution in [0, 0.1) is 0 Å². The van der Waals surface area contributed by atoms with Crippen LogP contribution in [0.2, 0.25) is 5.15 Å². The molecule has 2 aromatic rings. The SMILES string of the molecule is OC[C@@H]1O[C@@H](n2ccc3c(Cl)ncnc32)[C@H](O)[C@@H]1O. The summed E-state index contributed by atoms with van der Waals surface area (Å²) in [6, 6.07) is 1.70. The van der Waals surface area contributed by atoms with Crippen molar-refractivity contribution in [2.24, 2.45) is 0 Å². The summed E-state index contributed by atoms with van der Waals surface area (Å²) in [5.41, 5.74) is 0.495. The fourth-order valence-electron chi connectivity index (χ4n) is 2.26. The Hall–Kier alpha value is -1.25. The topological polar surface area (TPSA) is 101 Å². The summed E-state index contributed by atoms with van der Waals surface area (Å²) >= 11 is 5.94. The van der Waals surface area contributed by atoms with E-state index in [-0.39, 0.29) is 6.61 Å². The molecule has 4 atom stereocenters. The van der Waals surface area contributed by atoms with Crippen molar-refractivity contribution in [2.75, 3.05) is 6.61 Å². The number of hydrogen-bond acceptors (Lipinski definition) is 6. The second kappa shape index (κ2) is 4.69.